The van der Waals surface area contributed by atoms with Crippen LogP contribution in [0.3, 0.4) is 0 Å². The van der Waals surface area contributed by atoms with Gasteiger partial charge in [0.1, 0.15) is 0 Å². The molecule has 0 bridgehead atoms. The molecule has 0 unspecified atom stereocenters. The number of carbonyl (C=O) groups excluding carboxylic acids is 2. The van der Waals surface area contributed by atoms with Gasteiger partial charge in [-0.15, -0.1) is 0 Å². The molecule has 0 aliphatic heterocycles. The van der Waals surface area contributed by atoms with Gasteiger partial charge in [-0.2, -0.15) is 0 Å². The Balaban J connectivity index is 1.78. The quantitative estimate of drug-likeness (QED) is 0.434. The van der Waals surface area contributed by atoms with E-state index in [9.17, 15) is 19.7 Å². The number of benzene rings is 1. The molecule has 0 aromatic heterocycles. The van der Waals surface area contributed by atoms with E-state index in [1.165, 1.54) is 18.2 Å². The van der Waals surface area contributed by atoms with Crippen molar-refractivity contribution in [3.63, 3.8) is 0 Å². The lowest BCUT2D eigenvalue weighted by Crippen LogP contribution is -2.48. The summed E-state index contributed by atoms with van der Waals surface area (Å²) >= 11 is 4.94. The lowest BCUT2D eigenvalue weighted by atomic mass is 10.0. The summed E-state index contributed by atoms with van der Waals surface area (Å²) in [6, 6.07) is 5.29. The number of carbonyl (C=O) groups is 2. The molecule has 1 aliphatic carbocycles. The number of thiocarbonyl (C=S) groups is 1. The first-order chi connectivity index (χ1) is 11.5. The zero-order chi connectivity index (χ0) is 17.5. The molecular formula is C15H18N4O4S. The van der Waals surface area contributed by atoms with E-state index in [0.717, 1.165) is 31.7 Å². The third-order valence-corrected chi connectivity index (χ3v) is 4.01. The molecule has 0 atom stereocenters. The molecule has 2 rings (SSSR count). The Morgan fingerprint density at radius 3 is 2.62 bits per heavy atom. The average molecular weight is 350 g/mol. The highest BCUT2D eigenvalue weighted by Gasteiger charge is 2.19. The van der Waals surface area contributed by atoms with Crippen molar-refractivity contribution in [2.45, 2.75) is 32.1 Å². The summed E-state index contributed by atoms with van der Waals surface area (Å²) in [4.78, 5) is 33.8. The van der Waals surface area contributed by atoms with Crippen molar-refractivity contribution in [2.24, 2.45) is 5.92 Å². The number of nitro benzene ring substituents is 1. The summed E-state index contributed by atoms with van der Waals surface area (Å²) in [7, 11) is 0. The molecule has 1 fully saturated rings. The van der Waals surface area contributed by atoms with Gasteiger partial charge in [-0.1, -0.05) is 18.9 Å². The minimum atomic E-state index is -0.592. The molecule has 0 heterocycles. The first-order valence-corrected chi connectivity index (χ1v) is 8.01. The van der Waals surface area contributed by atoms with Crippen molar-refractivity contribution in [3.05, 3.63) is 39.9 Å². The topological polar surface area (TPSA) is 113 Å². The van der Waals surface area contributed by atoms with Crippen LogP contribution < -0.4 is 16.2 Å². The molecule has 1 aliphatic rings. The van der Waals surface area contributed by atoms with Crippen molar-refractivity contribution in [1.29, 1.82) is 0 Å². The maximum atomic E-state index is 11.9. The van der Waals surface area contributed by atoms with E-state index in [1.54, 1.807) is 0 Å². The molecule has 9 heteroatoms. The fourth-order valence-corrected chi connectivity index (χ4v) is 2.80. The second-order valence-electron chi connectivity index (χ2n) is 5.62. The van der Waals surface area contributed by atoms with Crippen LogP contribution in [0.25, 0.3) is 0 Å². The summed E-state index contributed by atoms with van der Waals surface area (Å²) in [5.74, 6) is -0.387. The number of rotatable bonds is 4. The van der Waals surface area contributed by atoms with Gasteiger partial charge in [-0.05, 0) is 37.0 Å². The van der Waals surface area contributed by atoms with E-state index in [4.69, 9.17) is 12.2 Å². The van der Waals surface area contributed by atoms with Crippen LogP contribution in [-0.2, 0) is 4.79 Å². The van der Waals surface area contributed by atoms with E-state index in [0.29, 0.717) is 12.3 Å². The van der Waals surface area contributed by atoms with Crippen LogP contribution in [0.1, 0.15) is 42.5 Å². The molecule has 24 heavy (non-hydrogen) atoms. The van der Waals surface area contributed by atoms with Gasteiger partial charge in [-0.3, -0.25) is 30.6 Å². The molecular weight excluding hydrogens is 332 g/mol. The molecule has 8 nitrogen and oxygen atoms in total. The Bertz CT molecular complexity index is 659. The molecule has 1 saturated carbocycles. The number of nitrogens with zero attached hydrogens (tertiary/aromatic N) is 1. The van der Waals surface area contributed by atoms with Crippen molar-refractivity contribution < 1.29 is 14.5 Å². The number of hydrazine groups is 1. The third-order valence-electron chi connectivity index (χ3n) is 3.81. The minimum absolute atomic E-state index is 0.0169. The molecule has 3 N–H and O–H groups in total. The summed E-state index contributed by atoms with van der Waals surface area (Å²) < 4.78 is 0. The SMILES string of the molecule is O=C(CC1CCCC1)NC(=S)NNC(=O)c1cccc([N+](=O)[O-])c1. The van der Waals surface area contributed by atoms with E-state index < -0.39 is 10.8 Å². The average Bonchev–Trinajstić information content (AvgIpc) is 3.05. The van der Waals surface area contributed by atoms with Gasteiger partial charge >= 0.3 is 0 Å². The zero-order valence-electron chi connectivity index (χ0n) is 12.9. The monoisotopic (exact) mass is 350 g/mol. The standard InChI is InChI=1S/C15H18N4O4S/c20-13(8-10-4-1-2-5-10)16-15(24)18-17-14(21)11-6-3-7-12(9-11)19(22)23/h3,6-7,9-10H,1-2,4-5,8H2,(H,17,21)(H2,16,18,20,24). The van der Waals surface area contributed by atoms with Crippen LogP contribution in [0.5, 0.6) is 0 Å². The van der Waals surface area contributed by atoms with E-state index >= 15 is 0 Å². The maximum Gasteiger partial charge on any atom is 0.270 e. The van der Waals surface area contributed by atoms with E-state index in [2.05, 4.69) is 16.2 Å². The van der Waals surface area contributed by atoms with Crippen molar-refractivity contribution in [2.75, 3.05) is 0 Å². The predicted octanol–water partition coefficient (Wildman–Crippen LogP) is 1.81. The summed E-state index contributed by atoms with van der Waals surface area (Å²) in [6.45, 7) is 0. The Kier molecular flexibility index (Phi) is 6.19. The highest BCUT2D eigenvalue weighted by Crippen LogP contribution is 2.27. The highest BCUT2D eigenvalue weighted by atomic mass is 32.1. The first kappa shape index (κ1) is 17.8. The van der Waals surface area contributed by atoms with Crippen molar-refractivity contribution >= 4 is 34.8 Å². The lowest BCUT2D eigenvalue weighted by molar-refractivity contribution is -0.384. The number of hydrogen-bond donors (Lipinski definition) is 3. The number of non-ortho nitro benzene ring substituents is 1. The second-order valence-corrected chi connectivity index (χ2v) is 6.03. The fraction of sp³-hybridized carbons (Fsp3) is 0.400. The van der Waals surface area contributed by atoms with E-state index in [-0.39, 0.29) is 22.3 Å². The van der Waals surface area contributed by atoms with Crippen LogP contribution in [-0.4, -0.2) is 21.9 Å². The molecule has 1 aromatic rings. The second kappa shape index (κ2) is 8.34. The summed E-state index contributed by atoms with van der Waals surface area (Å²) in [6.07, 6.45) is 4.83. The van der Waals surface area contributed by atoms with Gasteiger partial charge in [0.25, 0.3) is 11.6 Å². The van der Waals surface area contributed by atoms with Gasteiger partial charge in [0.05, 0.1) is 4.92 Å². The highest BCUT2D eigenvalue weighted by molar-refractivity contribution is 7.80. The van der Waals surface area contributed by atoms with Gasteiger partial charge in [0.15, 0.2) is 5.11 Å². The molecule has 128 valence electrons. The molecule has 0 saturated heterocycles. The van der Waals surface area contributed by atoms with Crippen LogP contribution in [0.2, 0.25) is 0 Å². The Hall–Kier alpha value is -2.55. The number of nitrogens with one attached hydrogen (secondary N) is 3. The third kappa shape index (κ3) is 5.27. The van der Waals surface area contributed by atoms with Crippen LogP contribution in [0.15, 0.2) is 24.3 Å². The number of amides is 2. The normalized spacial score (nSPS) is 14.0. The van der Waals surface area contributed by atoms with Crippen LogP contribution >= 0.6 is 12.2 Å². The van der Waals surface area contributed by atoms with Crippen molar-refractivity contribution in [1.82, 2.24) is 16.2 Å². The van der Waals surface area contributed by atoms with Gasteiger partial charge < -0.3 is 5.32 Å². The van der Waals surface area contributed by atoms with Gasteiger partial charge in [0, 0.05) is 24.1 Å². The first-order valence-electron chi connectivity index (χ1n) is 7.60. The predicted molar refractivity (Wildman–Crippen MR) is 91.0 cm³/mol. The molecule has 0 spiro atoms. The maximum absolute atomic E-state index is 11.9. The summed E-state index contributed by atoms with van der Waals surface area (Å²) in [5.41, 5.74) is 4.63. The zero-order valence-corrected chi connectivity index (χ0v) is 13.7. The smallest absolute Gasteiger partial charge is 0.270 e. The Morgan fingerprint density at radius 1 is 1.25 bits per heavy atom. The Morgan fingerprint density at radius 2 is 1.96 bits per heavy atom. The number of hydrogen-bond acceptors (Lipinski definition) is 5. The minimum Gasteiger partial charge on any atom is -0.302 e. The Labute approximate surface area is 144 Å². The van der Waals surface area contributed by atoms with Crippen molar-refractivity contribution in [3.8, 4) is 0 Å². The largest absolute Gasteiger partial charge is 0.302 e. The molecule has 2 amide bonds. The van der Waals surface area contributed by atoms with Gasteiger partial charge in [0.2, 0.25) is 5.91 Å². The summed E-state index contributed by atoms with van der Waals surface area (Å²) in [5, 5.41) is 13.2. The van der Waals surface area contributed by atoms with Gasteiger partial charge in [-0.25, -0.2) is 0 Å². The molecule has 1 aromatic carbocycles. The van der Waals surface area contributed by atoms with Crippen LogP contribution in [0.4, 0.5) is 5.69 Å². The number of nitro groups is 1. The molecule has 0 radical (unpaired) electrons. The fourth-order valence-electron chi connectivity index (χ4n) is 2.63. The van der Waals surface area contributed by atoms with Crippen LogP contribution in [0, 0.1) is 16.0 Å². The van der Waals surface area contributed by atoms with E-state index in [1.807, 2.05) is 0 Å². The lowest BCUT2D eigenvalue weighted by Gasteiger charge is -2.12.